The van der Waals surface area contributed by atoms with Crippen LogP contribution in [0.1, 0.15) is 67.2 Å². The van der Waals surface area contributed by atoms with Crippen molar-refractivity contribution in [2.24, 2.45) is 0 Å². The van der Waals surface area contributed by atoms with Crippen LogP contribution < -0.4 is 0 Å². The van der Waals surface area contributed by atoms with Crippen LogP contribution in [0, 0.1) is 0 Å². The first kappa shape index (κ1) is 23.7. The Balaban J connectivity index is 1.42. The van der Waals surface area contributed by atoms with E-state index in [1.54, 1.807) is 17.0 Å². The van der Waals surface area contributed by atoms with Crippen LogP contribution in [0.5, 0.6) is 0 Å². The summed E-state index contributed by atoms with van der Waals surface area (Å²) in [5.41, 5.74) is 0.757. The molecule has 9 heteroatoms. The Labute approximate surface area is 198 Å². The topological polar surface area (TPSA) is 113 Å². The number of likely N-dealkylation sites (tertiary alicyclic amines) is 1. The summed E-state index contributed by atoms with van der Waals surface area (Å²) in [6, 6.07) is 6.57. The lowest BCUT2D eigenvalue weighted by Crippen LogP contribution is -2.50. The van der Waals surface area contributed by atoms with Gasteiger partial charge in [-0.3, -0.25) is 4.79 Å². The number of carboxylic acid groups (broad SMARTS) is 1. The van der Waals surface area contributed by atoms with E-state index >= 15 is 0 Å². The van der Waals surface area contributed by atoms with E-state index in [1.165, 1.54) is 24.5 Å². The lowest BCUT2D eigenvalue weighted by molar-refractivity contribution is 0.0142. The zero-order valence-corrected chi connectivity index (χ0v) is 19.7. The van der Waals surface area contributed by atoms with Crippen LogP contribution in [0.2, 0.25) is 0 Å². The molecule has 2 aliphatic rings. The van der Waals surface area contributed by atoms with Gasteiger partial charge in [-0.25, -0.2) is 19.6 Å². The molecular weight excluding hydrogens is 436 g/mol. The first-order valence-electron chi connectivity index (χ1n) is 11.6. The summed E-state index contributed by atoms with van der Waals surface area (Å²) in [5, 5.41) is 9.04. The molecule has 1 aromatic heterocycles. The fourth-order valence-electron chi connectivity index (χ4n) is 4.13. The van der Waals surface area contributed by atoms with Crippen LogP contribution in [0.25, 0.3) is 11.4 Å². The molecule has 1 aliphatic carbocycles. The molecule has 2 aromatic rings. The second-order valence-electron chi connectivity index (χ2n) is 9.82. The molecule has 1 saturated carbocycles. The Bertz CT molecular complexity index is 1050. The van der Waals surface area contributed by atoms with Crippen molar-refractivity contribution in [1.82, 2.24) is 19.8 Å². The van der Waals surface area contributed by atoms with Crippen molar-refractivity contribution in [3.05, 3.63) is 47.8 Å². The molecule has 0 spiro atoms. The zero-order chi connectivity index (χ0) is 24.5. The van der Waals surface area contributed by atoms with Gasteiger partial charge in [-0.1, -0.05) is 12.1 Å². The lowest BCUT2D eigenvalue weighted by atomic mass is 10.0. The summed E-state index contributed by atoms with van der Waals surface area (Å²) in [6.07, 6.45) is 6.12. The number of aromatic carboxylic acids is 1. The average molecular weight is 467 g/mol. The summed E-state index contributed by atoms with van der Waals surface area (Å²) >= 11 is 0. The van der Waals surface area contributed by atoms with Gasteiger partial charge in [0.05, 0.1) is 11.1 Å². The molecule has 1 aromatic carbocycles. The van der Waals surface area contributed by atoms with Gasteiger partial charge in [0.25, 0.3) is 5.91 Å². The number of carbonyl (C=O) groups is 3. The minimum atomic E-state index is -0.995. The molecule has 0 unspecified atom stereocenters. The van der Waals surface area contributed by atoms with Crippen LogP contribution in [0.15, 0.2) is 36.7 Å². The van der Waals surface area contributed by atoms with Gasteiger partial charge in [-0.15, -0.1) is 0 Å². The summed E-state index contributed by atoms with van der Waals surface area (Å²) in [4.78, 5) is 49.1. The summed E-state index contributed by atoms with van der Waals surface area (Å²) in [6.45, 7) is 6.66. The number of nitrogens with zero attached hydrogens (tertiary/aromatic N) is 4. The van der Waals surface area contributed by atoms with Crippen molar-refractivity contribution in [2.75, 3.05) is 13.1 Å². The molecule has 2 heterocycles. The van der Waals surface area contributed by atoms with E-state index in [9.17, 15) is 14.4 Å². The van der Waals surface area contributed by atoms with Crippen molar-refractivity contribution < 1.29 is 24.2 Å². The van der Waals surface area contributed by atoms with E-state index in [4.69, 9.17) is 9.84 Å². The van der Waals surface area contributed by atoms with Crippen LogP contribution >= 0.6 is 0 Å². The van der Waals surface area contributed by atoms with Crippen LogP contribution in [0.3, 0.4) is 0 Å². The minimum absolute atomic E-state index is 0.0573. The Morgan fingerprint density at radius 2 is 1.50 bits per heavy atom. The van der Waals surface area contributed by atoms with Crippen molar-refractivity contribution in [3.8, 4) is 11.4 Å². The lowest BCUT2D eigenvalue weighted by Gasteiger charge is -2.39. The van der Waals surface area contributed by atoms with E-state index in [0.29, 0.717) is 42.9 Å². The molecule has 0 radical (unpaired) electrons. The monoisotopic (exact) mass is 466 g/mol. The fourth-order valence-corrected chi connectivity index (χ4v) is 4.13. The third-order valence-electron chi connectivity index (χ3n) is 5.97. The number of carboxylic acids is 1. The molecule has 0 atom stereocenters. The Morgan fingerprint density at radius 1 is 0.941 bits per heavy atom. The predicted molar refractivity (Wildman–Crippen MR) is 124 cm³/mol. The van der Waals surface area contributed by atoms with Crippen molar-refractivity contribution >= 4 is 18.0 Å². The molecule has 1 N–H and O–H groups in total. The van der Waals surface area contributed by atoms with Crippen molar-refractivity contribution in [2.45, 2.75) is 64.1 Å². The average Bonchev–Trinajstić information content (AvgIpc) is 3.64. The molecule has 180 valence electrons. The minimum Gasteiger partial charge on any atom is -0.478 e. The molecule has 2 amide bonds. The number of benzene rings is 1. The van der Waals surface area contributed by atoms with E-state index in [2.05, 4.69) is 9.97 Å². The molecule has 1 aliphatic heterocycles. The number of hydrogen-bond acceptors (Lipinski definition) is 6. The number of aromatic nitrogens is 2. The van der Waals surface area contributed by atoms with E-state index < -0.39 is 11.6 Å². The number of amides is 2. The third kappa shape index (κ3) is 5.52. The Morgan fingerprint density at radius 3 is 2.00 bits per heavy atom. The summed E-state index contributed by atoms with van der Waals surface area (Å²) in [5.74, 6) is -0.659. The Kier molecular flexibility index (Phi) is 6.54. The number of hydrogen-bond donors (Lipinski definition) is 1. The standard InChI is InChI=1S/C25H30N4O5/c1-25(2,3)34-24(33)28-12-10-20(11-13-28)29(19-8-9-19)22(30)18-14-26-21(27-15-18)16-4-6-17(7-5-16)23(31)32/h4-7,14-15,19-20H,8-13H2,1-3H3,(H,31,32). The van der Waals surface area contributed by atoms with Crippen LogP contribution in [-0.4, -0.2) is 73.6 Å². The van der Waals surface area contributed by atoms with Gasteiger partial charge in [0.15, 0.2) is 5.82 Å². The smallest absolute Gasteiger partial charge is 0.410 e. The highest BCUT2D eigenvalue weighted by molar-refractivity contribution is 5.94. The highest BCUT2D eigenvalue weighted by Crippen LogP contribution is 2.33. The zero-order valence-electron chi connectivity index (χ0n) is 19.7. The fraction of sp³-hybridized carbons (Fsp3) is 0.480. The van der Waals surface area contributed by atoms with Crippen LogP contribution in [-0.2, 0) is 4.74 Å². The molecule has 9 nitrogen and oxygen atoms in total. The SMILES string of the molecule is CC(C)(C)OC(=O)N1CCC(N(C(=O)c2cnc(-c3ccc(C(=O)O)cc3)nc2)C2CC2)CC1. The number of carbonyl (C=O) groups excluding carboxylic acids is 2. The maximum absolute atomic E-state index is 13.4. The molecule has 2 fully saturated rings. The highest BCUT2D eigenvalue weighted by atomic mass is 16.6. The highest BCUT2D eigenvalue weighted by Gasteiger charge is 2.40. The third-order valence-corrected chi connectivity index (χ3v) is 5.97. The molecule has 1 saturated heterocycles. The van der Waals surface area contributed by atoms with Gasteiger partial charge in [-0.05, 0) is 58.6 Å². The van der Waals surface area contributed by atoms with Gasteiger partial charge in [0.1, 0.15) is 5.60 Å². The molecular formula is C25H30N4O5. The number of ether oxygens (including phenoxy) is 1. The van der Waals surface area contributed by atoms with Gasteiger partial charge in [-0.2, -0.15) is 0 Å². The first-order chi connectivity index (χ1) is 16.1. The summed E-state index contributed by atoms with van der Waals surface area (Å²) in [7, 11) is 0. The first-order valence-corrected chi connectivity index (χ1v) is 11.6. The second kappa shape index (κ2) is 9.40. The van der Waals surface area contributed by atoms with Crippen molar-refractivity contribution in [3.63, 3.8) is 0 Å². The normalized spacial score (nSPS) is 16.7. The molecule has 34 heavy (non-hydrogen) atoms. The van der Waals surface area contributed by atoms with Gasteiger partial charge >= 0.3 is 12.1 Å². The van der Waals surface area contributed by atoms with Crippen LogP contribution in [0.4, 0.5) is 4.79 Å². The molecule has 0 bridgehead atoms. The quantitative estimate of drug-likeness (QED) is 0.712. The largest absolute Gasteiger partial charge is 0.478 e. The predicted octanol–water partition coefficient (Wildman–Crippen LogP) is 3.85. The maximum Gasteiger partial charge on any atom is 0.410 e. The van der Waals surface area contributed by atoms with Crippen molar-refractivity contribution in [1.29, 1.82) is 0 Å². The molecule has 4 rings (SSSR count). The van der Waals surface area contributed by atoms with Gasteiger partial charge < -0.3 is 19.6 Å². The van der Waals surface area contributed by atoms with Gasteiger partial charge in [0.2, 0.25) is 0 Å². The number of piperidine rings is 1. The van der Waals surface area contributed by atoms with E-state index in [0.717, 1.165) is 12.8 Å². The summed E-state index contributed by atoms with van der Waals surface area (Å²) < 4.78 is 5.48. The van der Waals surface area contributed by atoms with Gasteiger partial charge in [0, 0.05) is 43.1 Å². The Hall–Kier alpha value is -3.49. The number of rotatable bonds is 5. The van der Waals surface area contributed by atoms with E-state index in [1.807, 2.05) is 25.7 Å². The maximum atomic E-state index is 13.4. The second-order valence-corrected chi connectivity index (χ2v) is 9.82. The van der Waals surface area contributed by atoms with E-state index in [-0.39, 0.29) is 29.6 Å².